The van der Waals surface area contributed by atoms with E-state index in [4.69, 9.17) is 0 Å². The van der Waals surface area contributed by atoms with Gasteiger partial charge in [0.05, 0.1) is 0 Å². The van der Waals surface area contributed by atoms with Crippen LogP contribution in [0.2, 0.25) is 0 Å². The van der Waals surface area contributed by atoms with Gasteiger partial charge in [-0.1, -0.05) is 20.3 Å². The van der Waals surface area contributed by atoms with Crippen molar-refractivity contribution in [3.05, 3.63) is 24.0 Å². The van der Waals surface area contributed by atoms with Gasteiger partial charge in [-0.2, -0.15) is 0 Å². The highest BCUT2D eigenvalue weighted by molar-refractivity contribution is 5.92. The molecule has 122 valence electrons. The van der Waals surface area contributed by atoms with E-state index in [0.717, 1.165) is 19.4 Å². The lowest BCUT2D eigenvalue weighted by molar-refractivity contribution is 0.0660. The molecule has 6 nitrogen and oxygen atoms in total. The summed E-state index contributed by atoms with van der Waals surface area (Å²) in [7, 11) is 0. The van der Waals surface area contributed by atoms with Crippen molar-refractivity contribution < 1.29 is 9.59 Å². The molecular formula is C16H26N4O2. The minimum atomic E-state index is -0.0183. The number of hydrogen-bond acceptors (Lipinski definition) is 2. The van der Waals surface area contributed by atoms with Crippen LogP contribution in [0.15, 0.2) is 18.3 Å². The molecule has 0 saturated carbocycles. The number of nitrogens with zero attached hydrogens (tertiary/aromatic N) is 2. The smallest absolute Gasteiger partial charge is 0.317 e. The van der Waals surface area contributed by atoms with Gasteiger partial charge >= 0.3 is 6.03 Å². The lowest BCUT2D eigenvalue weighted by Crippen LogP contribution is -2.53. The molecule has 0 aliphatic carbocycles. The Morgan fingerprint density at radius 1 is 1.27 bits per heavy atom. The predicted molar refractivity (Wildman–Crippen MR) is 85.7 cm³/mol. The Morgan fingerprint density at radius 3 is 2.55 bits per heavy atom. The van der Waals surface area contributed by atoms with E-state index in [1.165, 1.54) is 0 Å². The van der Waals surface area contributed by atoms with E-state index >= 15 is 0 Å². The molecule has 1 aromatic rings. The highest BCUT2D eigenvalue weighted by Crippen LogP contribution is 2.08. The Balaban J connectivity index is 1.72. The molecule has 1 aliphatic heterocycles. The summed E-state index contributed by atoms with van der Waals surface area (Å²) in [6.45, 7) is 7.40. The molecule has 6 heteroatoms. The number of carbonyl (C=O) groups excluding carboxylic acids is 2. The molecule has 1 fully saturated rings. The first-order chi connectivity index (χ1) is 10.6. The van der Waals surface area contributed by atoms with E-state index in [0.29, 0.717) is 37.8 Å². The summed E-state index contributed by atoms with van der Waals surface area (Å²) >= 11 is 0. The molecule has 2 heterocycles. The van der Waals surface area contributed by atoms with Gasteiger partial charge < -0.3 is 20.1 Å². The van der Waals surface area contributed by atoms with Crippen LogP contribution in [0.5, 0.6) is 0 Å². The van der Waals surface area contributed by atoms with E-state index < -0.39 is 0 Å². The van der Waals surface area contributed by atoms with Crippen molar-refractivity contribution in [2.24, 2.45) is 5.92 Å². The number of H-pyrrole nitrogens is 1. The quantitative estimate of drug-likeness (QED) is 0.872. The van der Waals surface area contributed by atoms with Crippen LogP contribution < -0.4 is 5.32 Å². The van der Waals surface area contributed by atoms with Crippen LogP contribution >= 0.6 is 0 Å². The zero-order chi connectivity index (χ0) is 15.9. The molecule has 1 atom stereocenters. The SMILES string of the molecule is CC[C@@H](C)CCNC(=O)N1CCN(C(=O)c2ccc[nH]2)CC1. The summed E-state index contributed by atoms with van der Waals surface area (Å²) < 4.78 is 0. The molecule has 1 saturated heterocycles. The van der Waals surface area contributed by atoms with Crippen LogP contribution in [-0.2, 0) is 0 Å². The first-order valence-corrected chi connectivity index (χ1v) is 8.07. The fourth-order valence-electron chi connectivity index (χ4n) is 2.49. The van der Waals surface area contributed by atoms with Crippen molar-refractivity contribution in [1.82, 2.24) is 20.1 Å². The number of carbonyl (C=O) groups is 2. The number of nitrogens with one attached hydrogen (secondary N) is 2. The summed E-state index contributed by atoms with van der Waals surface area (Å²) in [6.07, 6.45) is 3.89. The molecule has 0 spiro atoms. The van der Waals surface area contributed by atoms with Gasteiger partial charge in [0, 0.05) is 38.9 Å². The van der Waals surface area contributed by atoms with Crippen molar-refractivity contribution in [1.29, 1.82) is 0 Å². The lowest BCUT2D eigenvalue weighted by Gasteiger charge is -2.34. The molecule has 0 radical (unpaired) electrons. The summed E-state index contributed by atoms with van der Waals surface area (Å²) in [5, 5.41) is 2.97. The van der Waals surface area contributed by atoms with Crippen LogP contribution in [0.3, 0.4) is 0 Å². The summed E-state index contributed by atoms with van der Waals surface area (Å²) in [4.78, 5) is 30.8. The van der Waals surface area contributed by atoms with Crippen LogP contribution in [0.1, 0.15) is 37.2 Å². The third-order valence-electron chi connectivity index (χ3n) is 4.29. The maximum absolute atomic E-state index is 12.2. The standard InChI is InChI=1S/C16H26N4O2/c1-3-13(2)6-8-18-16(22)20-11-9-19(10-12-20)15(21)14-5-4-7-17-14/h4-5,7,13,17H,3,6,8-12H2,1-2H3,(H,18,22)/t13-/m1/s1. The molecular weight excluding hydrogens is 280 g/mol. The minimum absolute atomic E-state index is 0.00169. The maximum atomic E-state index is 12.2. The van der Waals surface area contributed by atoms with Gasteiger partial charge in [-0.05, 0) is 24.5 Å². The van der Waals surface area contributed by atoms with Crippen molar-refractivity contribution >= 4 is 11.9 Å². The number of aromatic amines is 1. The Bertz CT molecular complexity index is 478. The maximum Gasteiger partial charge on any atom is 0.317 e. The zero-order valence-electron chi connectivity index (χ0n) is 13.5. The Kier molecular flexibility index (Phi) is 5.86. The fraction of sp³-hybridized carbons (Fsp3) is 0.625. The summed E-state index contributed by atoms with van der Waals surface area (Å²) in [5.41, 5.74) is 0.603. The molecule has 0 bridgehead atoms. The highest BCUT2D eigenvalue weighted by Gasteiger charge is 2.24. The topological polar surface area (TPSA) is 68.4 Å². The second kappa shape index (κ2) is 7.87. The Hall–Kier alpha value is -1.98. The molecule has 22 heavy (non-hydrogen) atoms. The van der Waals surface area contributed by atoms with Gasteiger partial charge in [-0.25, -0.2) is 4.79 Å². The fourth-order valence-corrected chi connectivity index (χ4v) is 2.49. The van der Waals surface area contributed by atoms with E-state index in [2.05, 4.69) is 24.1 Å². The summed E-state index contributed by atoms with van der Waals surface area (Å²) in [6, 6.07) is 3.57. The summed E-state index contributed by atoms with van der Waals surface area (Å²) in [5.74, 6) is 0.636. The van der Waals surface area contributed by atoms with Crippen molar-refractivity contribution in [3.8, 4) is 0 Å². The average molecular weight is 306 g/mol. The normalized spacial score (nSPS) is 16.5. The van der Waals surface area contributed by atoms with Gasteiger partial charge in [0.2, 0.25) is 0 Å². The van der Waals surface area contributed by atoms with Crippen LogP contribution in [0, 0.1) is 5.92 Å². The van der Waals surface area contributed by atoms with Gasteiger partial charge in [0.25, 0.3) is 5.91 Å². The van der Waals surface area contributed by atoms with Crippen LogP contribution in [-0.4, -0.2) is 59.4 Å². The monoisotopic (exact) mass is 306 g/mol. The van der Waals surface area contributed by atoms with Crippen LogP contribution in [0.25, 0.3) is 0 Å². The number of rotatable bonds is 5. The number of amides is 3. The second-order valence-electron chi connectivity index (χ2n) is 5.90. The average Bonchev–Trinajstić information content (AvgIpc) is 3.08. The molecule has 1 aromatic heterocycles. The molecule has 3 amide bonds. The molecule has 1 aliphatic rings. The molecule has 0 unspecified atom stereocenters. The predicted octanol–water partition coefficient (Wildman–Crippen LogP) is 1.92. The van der Waals surface area contributed by atoms with E-state index in [1.807, 2.05) is 6.07 Å². The number of hydrogen-bond donors (Lipinski definition) is 2. The minimum Gasteiger partial charge on any atom is -0.357 e. The van der Waals surface area contributed by atoms with Gasteiger partial charge in [-0.15, -0.1) is 0 Å². The lowest BCUT2D eigenvalue weighted by atomic mass is 10.1. The van der Waals surface area contributed by atoms with E-state index in [9.17, 15) is 9.59 Å². The third kappa shape index (κ3) is 4.26. The number of aromatic nitrogens is 1. The van der Waals surface area contributed by atoms with E-state index in [-0.39, 0.29) is 11.9 Å². The largest absolute Gasteiger partial charge is 0.357 e. The van der Waals surface area contributed by atoms with Crippen molar-refractivity contribution in [2.45, 2.75) is 26.7 Å². The van der Waals surface area contributed by atoms with Crippen molar-refractivity contribution in [3.63, 3.8) is 0 Å². The molecule has 2 rings (SSSR count). The number of piperazine rings is 1. The first kappa shape index (κ1) is 16.4. The second-order valence-corrected chi connectivity index (χ2v) is 5.90. The Morgan fingerprint density at radius 2 is 1.95 bits per heavy atom. The van der Waals surface area contributed by atoms with Crippen molar-refractivity contribution in [2.75, 3.05) is 32.7 Å². The van der Waals surface area contributed by atoms with E-state index in [1.54, 1.807) is 22.1 Å². The van der Waals surface area contributed by atoms with Gasteiger partial charge in [-0.3, -0.25) is 4.79 Å². The van der Waals surface area contributed by atoms with Gasteiger partial charge in [0.15, 0.2) is 0 Å². The molecule has 0 aromatic carbocycles. The third-order valence-corrected chi connectivity index (χ3v) is 4.29. The zero-order valence-corrected chi connectivity index (χ0v) is 13.5. The number of urea groups is 1. The Labute approximate surface area is 131 Å². The van der Waals surface area contributed by atoms with Crippen LogP contribution in [0.4, 0.5) is 4.79 Å². The molecule has 2 N–H and O–H groups in total. The first-order valence-electron chi connectivity index (χ1n) is 8.07. The van der Waals surface area contributed by atoms with Gasteiger partial charge in [0.1, 0.15) is 5.69 Å². The highest BCUT2D eigenvalue weighted by atomic mass is 16.2.